The number of carbonyl (C=O) groups is 2. The molecule has 128 valence electrons. The van der Waals surface area contributed by atoms with E-state index in [-0.39, 0.29) is 30.2 Å². The highest BCUT2D eigenvalue weighted by atomic mass is 16.5. The van der Waals surface area contributed by atoms with Crippen LogP contribution in [-0.4, -0.2) is 38.7 Å². The maximum atomic E-state index is 12.0. The normalized spacial score (nSPS) is 17.4. The SMILES string of the molecule is O=C(Cc1noc(C2=NN(C3CC3)C(=O)CC2)n1)Nc1ccccc1. The molecule has 4 rings (SSSR count). The molecule has 2 aromatic rings. The minimum atomic E-state index is -0.223. The Hall–Kier alpha value is -3.03. The molecular formula is C17H17N5O3. The molecule has 25 heavy (non-hydrogen) atoms. The van der Waals surface area contributed by atoms with Crippen molar-refractivity contribution in [3.8, 4) is 0 Å². The van der Waals surface area contributed by atoms with Crippen LogP contribution in [-0.2, 0) is 16.0 Å². The zero-order valence-corrected chi connectivity index (χ0v) is 13.5. The van der Waals surface area contributed by atoms with Crippen LogP contribution in [0.25, 0.3) is 0 Å². The molecule has 2 aliphatic rings. The van der Waals surface area contributed by atoms with Crippen LogP contribution in [0, 0.1) is 0 Å². The van der Waals surface area contributed by atoms with Gasteiger partial charge in [0.25, 0.3) is 5.89 Å². The molecule has 0 unspecified atom stereocenters. The van der Waals surface area contributed by atoms with Gasteiger partial charge in [-0.15, -0.1) is 0 Å². The number of benzene rings is 1. The van der Waals surface area contributed by atoms with Gasteiger partial charge in [-0.3, -0.25) is 9.59 Å². The fourth-order valence-electron chi connectivity index (χ4n) is 2.64. The lowest BCUT2D eigenvalue weighted by molar-refractivity contribution is -0.132. The van der Waals surface area contributed by atoms with E-state index >= 15 is 0 Å². The van der Waals surface area contributed by atoms with Crippen LogP contribution < -0.4 is 5.32 Å². The average molecular weight is 339 g/mol. The summed E-state index contributed by atoms with van der Waals surface area (Å²) in [6.45, 7) is 0. The Balaban J connectivity index is 1.42. The molecule has 0 bridgehead atoms. The molecule has 1 aromatic carbocycles. The molecule has 1 N–H and O–H groups in total. The molecule has 1 fully saturated rings. The lowest BCUT2D eigenvalue weighted by Crippen LogP contribution is -2.33. The highest BCUT2D eigenvalue weighted by Crippen LogP contribution is 2.30. The smallest absolute Gasteiger partial charge is 0.274 e. The summed E-state index contributed by atoms with van der Waals surface area (Å²) in [4.78, 5) is 28.2. The maximum Gasteiger partial charge on any atom is 0.274 e. The minimum Gasteiger partial charge on any atom is -0.333 e. The number of aromatic nitrogens is 2. The number of rotatable bonds is 5. The Morgan fingerprint density at radius 1 is 1.24 bits per heavy atom. The second kappa shape index (κ2) is 6.46. The van der Waals surface area contributed by atoms with Crippen molar-refractivity contribution in [1.82, 2.24) is 15.1 Å². The van der Waals surface area contributed by atoms with Crippen LogP contribution in [0.15, 0.2) is 40.0 Å². The van der Waals surface area contributed by atoms with Gasteiger partial charge in [0.15, 0.2) is 5.82 Å². The standard InChI is InChI=1S/C17H17N5O3/c23-15(18-11-4-2-1-3-5-11)10-14-19-17(25-21-14)13-8-9-16(24)22(20-13)12-6-7-12/h1-5,12H,6-10H2,(H,18,23). The molecule has 1 aromatic heterocycles. The Labute approximate surface area is 143 Å². The van der Waals surface area contributed by atoms with Crippen LogP contribution in [0.1, 0.15) is 37.4 Å². The summed E-state index contributed by atoms with van der Waals surface area (Å²) in [5.41, 5.74) is 1.32. The topological polar surface area (TPSA) is 101 Å². The zero-order valence-electron chi connectivity index (χ0n) is 13.5. The van der Waals surface area contributed by atoms with E-state index in [0.717, 1.165) is 12.8 Å². The van der Waals surface area contributed by atoms with Crippen molar-refractivity contribution in [2.45, 2.75) is 38.1 Å². The maximum absolute atomic E-state index is 12.0. The van der Waals surface area contributed by atoms with Gasteiger partial charge >= 0.3 is 0 Å². The van der Waals surface area contributed by atoms with Crippen molar-refractivity contribution in [3.05, 3.63) is 42.0 Å². The van der Waals surface area contributed by atoms with Crippen LogP contribution >= 0.6 is 0 Å². The van der Waals surface area contributed by atoms with Gasteiger partial charge in [0.2, 0.25) is 11.8 Å². The number of amides is 2. The van der Waals surface area contributed by atoms with E-state index in [4.69, 9.17) is 4.52 Å². The minimum absolute atomic E-state index is 0.0109. The summed E-state index contributed by atoms with van der Waals surface area (Å²) in [7, 11) is 0. The predicted molar refractivity (Wildman–Crippen MR) is 88.7 cm³/mol. The Kier molecular flexibility index (Phi) is 4.01. The Morgan fingerprint density at radius 2 is 2.04 bits per heavy atom. The van der Waals surface area contributed by atoms with Gasteiger partial charge in [0, 0.05) is 18.5 Å². The van der Waals surface area contributed by atoms with Gasteiger partial charge in [0.05, 0.1) is 12.5 Å². The van der Waals surface area contributed by atoms with Gasteiger partial charge < -0.3 is 9.84 Å². The first-order chi connectivity index (χ1) is 12.2. The number of hydrazone groups is 1. The number of hydrogen-bond donors (Lipinski definition) is 1. The summed E-state index contributed by atoms with van der Waals surface area (Å²) in [5, 5.41) is 12.5. The van der Waals surface area contributed by atoms with Gasteiger partial charge in [-0.25, -0.2) is 5.01 Å². The first kappa shape index (κ1) is 15.5. The Morgan fingerprint density at radius 3 is 2.80 bits per heavy atom. The lowest BCUT2D eigenvalue weighted by atomic mass is 10.1. The zero-order chi connectivity index (χ0) is 17.2. The Bertz CT molecular complexity index is 826. The van der Waals surface area contributed by atoms with Crippen molar-refractivity contribution in [2.24, 2.45) is 5.10 Å². The molecular weight excluding hydrogens is 322 g/mol. The second-order valence-corrected chi connectivity index (χ2v) is 6.12. The van der Waals surface area contributed by atoms with Gasteiger partial charge in [0.1, 0.15) is 5.71 Å². The molecule has 1 saturated carbocycles. The van der Waals surface area contributed by atoms with Crippen molar-refractivity contribution in [1.29, 1.82) is 0 Å². The van der Waals surface area contributed by atoms with Crippen LogP contribution in [0.3, 0.4) is 0 Å². The lowest BCUT2D eigenvalue weighted by Gasteiger charge is -2.21. The van der Waals surface area contributed by atoms with Crippen LogP contribution in [0.2, 0.25) is 0 Å². The molecule has 1 aliphatic heterocycles. The molecule has 0 spiro atoms. The molecule has 0 radical (unpaired) electrons. The summed E-state index contributed by atoms with van der Waals surface area (Å²) in [6.07, 6.45) is 2.84. The predicted octanol–water partition coefficient (Wildman–Crippen LogP) is 1.74. The fraction of sp³-hybridized carbons (Fsp3) is 0.353. The monoisotopic (exact) mass is 339 g/mol. The van der Waals surface area contributed by atoms with E-state index in [1.54, 1.807) is 12.1 Å². The quantitative estimate of drug-likeness (QED) is 0.894. The first-order valence-corrected chi connectivity index (χ1v) is 8.26. The molecule has 8 heteroatoms. The molecule has 2 amide bonds. The first-order valence-electron chi connectivity index (χ1n) is 8.26. The number of para-hydroxylation sites is 1. The number of hydrogen-bond acceptors (Lipinski definition) is 6. The third kappa shape index (κ3) is 3.57. The summed E-state index contributed by atoms with van der Waals surface area (Å²) in [5.74, 6) is 0.383. The summed E-state index contributed by atoms with van der Waals surface area (Å²) in [6, 6.07) is 9.38. The fourth-order valence-corrected chi connectivity index (χ4v) is 2.64. The summed E-state index contributed by atoms with van der Waals surface area (Å²) < 4.78 is 5.23. The van der Waals surface area contributed by atoms with E-state index in [0.29, 0.717) is 30.1 Å². The van der Waals surface area contributed by atoms with Gasteiger partial charge in [-0.05, 0) is 25.0 Å². The molecule has 0 saturated heterocycles. The molecule has 8 nitrogen and oxygen atoms in total. The number of nitrogens with one attached hydrogen (secondary N) is 1. The molecule has 1 aliphatic carbocycles. The van der Waals surface area contributed by atoms with Crippen LogP contribution in [0.4, 0.5) is 5.69 Å². The second-order valence-electron chi connectivity index (χ2n) is 6.12. The van der Waals surface area contributed by atoms with E-state index in [1.807, 2.05) is 18.2 Å². The third-order valence-corrected chi connectivity index (χ3v) is 4.04. The van der Waals surface area contributed by atoms with Crippen molar-refractivity contribution in [3.63, 3.8) is 0 Å². The molecule has 2 heterocycles. The third-order valence-electron chi connectivity index (χ3n) is 4.04. The van der Waals surface area contributed by atoms with E-state index in [2.05, 4.69) is 20.6 Å². The number of anilines is 1. The van der Waals surface area contributed by atoms with Gasteiger partial charge in [-0.2, -0.15) is 10.1 Å². The van der Waals surface area contributed by atoms with E-state index in [9.17, 15) is 9.59 Å². The summed E-state index contributed by atoms with van der Waals surface area (Å²) >= 11 is 0. The largest absolute Gasteiger partial charge is 0.333 e. The van der Waals surface area contributed by atoms with Crippen LogP contribution in [0.5, 0.6) is 0 Å². The number of carbonyl (C=O) groups excluding carboxylic acids is 2. The highest BCUT2D eigenvalue weighted by molar-refractivity contribution is 6.01. The van der Waals surface area contributed by atoms with Gasteiger partial charge in [-0.1, -0.05) is 23.4 Å². The highest BCUT2D eigenvalue weighted by Gasteiger charge is 2.36. The van der Waals surface area contributed by atoms with Crippen molar-refractivity contribution in [2.75, 3.05) is 5.32 Å². The number of nitrogens with zero attached hydrogens (tertiary/aromatic N) is 4. The average Bonchev–Trinajstić information content (AvgIpc) is 3.35. The van der Waals surface area contributed by atoms with E-state index in [1.165, 1.54) is 5.01 Å². The molecule has 0 atom stereocenters. The van der Waals surface area contributed by atoms with E-state index < -0.39 is 0 Å². The van der Waals surface area contributed by atoms with Crippen molar-refractivity contribution < 1.29 is 14.1 Å². The van der Waals surface area contributed by atoms with Crippen molar-refractivity contribution >= 4 is 23.2 Å².